The summed E-state index contributed by atoms with van der Waals surface area (Å²) in [5, 5.41) is 11.1. The number of ether oxygens (including phenoxy) is 1. The fourth-order valence-corrected chi connectivity index (χ4v) is 3.69. The molecule has 9 heteroatoms. The summed E-state index contributed by atoms with van der Waals surface area (Å²) in [5.41, 5.74) is 3.73. The van der Waals surface area contributed by atoms with Crippen molar-refractivity contribution in [2.45, 2.75) is 33.9 Å². The average Bonchev–Trinajstić information content (AvgIpc) is 3.32. The second-order valence-electron chi connectivity index (χ2n) is 7.66. The molecule has 2 aromatic heterocycles. The topological polar surface area (TPSA) is 82.2 Å². The van der Waals surface area contributed by atoms with Gasteiger partial charge in [-0.25, -0.2) is 4.39 Å². The van der Waals surface area contributed by atoms with Gasteiger partial charge in [0.25, 0.3) is 5.91 Å². The molecule has 0 spiro atoms. The van der Waals surface area contributed by atoms with Crippen molar-refractivity contribution in [1.29, 1.82) is 0 Å². The lowest BCUT2D eigenvalue weighted by Crippen LogP contribution is -2.16. The number of nitrogens with zero attached hydrogens (tertiary/aromatic N) is 3. The fourth-order valence-electron chi connectivity index (χ4n) is 3.28. The van der Waals surface area contributed by atoms with Gasteiger partial charge in [0.2, 0.25) is 0 Å². The van der Waals surface area contributed by atoms with Crippen LogP contribution in [0.3, 0.4) is 0 Å². The van der Waals surface area contributed by atoms with Gasteiger partial charge in [0, 0.05) is 6.20 Å². The first-order valence-corrected chi connectivity index (χ1v) is 11.0. The van der Waals surface area contributed by atoms with E-state index in [0.717, 1.165) is 22.4 Å². The van der Waals surface area contributed by atoms with Gasteiger partial charge >= 0.3 is 0 Å². The summed E-state index contributed by atoms with van der Waals surface area (Å²) >= 11 is 3.42. The highest BCUT2D eigenvalue weighted by Gasteiger charge is 2.22. The maximum atomic E-state index is 13.1. The molecule has 0 aliphatic heterocycles. The summed E-state index contributed by atoms with van der Waals surface area (Å²) in [7, 11) is 0. The number of hydrogen-bond acceptors (Lipinski definition) is 5. The van der Waals surface area contributed by atoms with Gasteiger partial charge < -0.3 is 14.6 Å². The molecule has 0 aliphatic carbocycles. The van der Waals surface area contributed by atoms with Crippen LogP contribution in [-0.2, 0) is 13.2 Å². The molecule has 0 saturated carbocycles. The van der Waals surface area contributed by atoms with Crippen LogP contribution in [-0.4, -0.2) is 20.8 Å². The predicted octanol–water partition coefficient (Wildman–Crippen LogP) is 5.58. The zero-order valence-electron chi connectivity index (χ0n) is 18.4. The predicted molar refractivity (Wildman–Crippen MR) is 125 cm³/mol. The molecule has 2 heterocycles. The van der Waals surface area contributed by atoms with Crippen molar-refractivity contribution in [1.82, 2.24) is 14.9 Å². The molecule has 1 amide bonds. The number of nitrogens with one attached hydrogen (secondary N) is 1. The first kappa shape index (κ1) is 22.7. The number of benzene rings is 2. The largest absolute Gasteiger partial charge is 0.488 e. The Kier molecular flexibility index (Phi) is 6.60. The molecule has 0 unspecified atom stereocenters. The molecular weight excluding hydrogens is 491 g/mol. The van der Waals surface area contributed by atoms with Crippen molar-refractivity contribution in [2.24, 2.45) is 0 Å². The van der Waals surface area contributed by atoms with E-state index in [1.807, 2.05) is 32.0 Å². The molecule has 33 heavy (non-hydrogen) atoms. The lowest BCUT2D eigenvalue weighted by Gasteiger charge is -2.11. The highest BCUT2D eigenvalue weighted by molar-refractivity contribution is 9.10. The summed E-state index contributed by atoms with van der Waals surface area (Å²) in [4.78, 5) is 12.9. The highest BCUT2D eigenvalue weighted by Crippen LogP contribution is 2.25. The van der Waals surface area contributed by atoms with E-state index >= 15 is 0 Å². The number of rotatable bonds is 7. The lowest BCUT2D eigenvalue weighted by molar-refractivity contribution is 0.101. The molecule has 170 valence electrons. The summed E-state index contributed by atoms with van der Waals surface area (Å²) in [6.45, 7) is 6.30. The van der Waals surface area contributed by atoms with Crippen molar-refractivity contribution in [3.05, 3.63) is 92.7 Å². The number of aromatic nitrogens is 3. The van der Waals surface area contributed by atoms with E-state index in [1.165, 1.54) is 12.1 Å². The highest BCUT2D eigenvalue weighted by atomic mass is 79.9. The molecule has 0 radical (unpaired) electrons. The molecule has 7 nitrogen and oxygen atoms in total. The zero-order chi connectivity index (χ0) is 23.5. The van der Waals surface area contributed by atoms with Crippen molar-refractivity contribution < 1.29 is 18.4 Å². The molecule has 1 N–H and O–H groups in total. The van der Waals surface area contributed by atoms with Crippen LogP contribution in [0.25, 0.3) is 0 Å². The van der Waals surface area contributed by atoms with Crippen LogP contribution in [0.1, 0.15) is 38.5 Å². The van der Waals surface area contributed by atoms with E-state index in [2.05, 4.69) is 31.5 Å². The third-order valence-electron chi connectivity index (χ3n) is 5.33. The Morgan fingerprint density at radius 2 is 1.94 bits per heavy atom. The van der Waals surface area contributed by atoms with Crippen molar-refractivity contribution in [3.8, 4) is 5.75 Å². The van der Waals surface area contributed by atoms with Crippen LogP contribution in [0.15, 0.2) is 57.7 Å². The van der Waals surface area contributed by atoms with Gasteiger partial charge in [0.1, 0.15) is 23.9 Å². The van der Waals surface area contributed by atoms with Crippen LogP contribution >= 0.6 is 15.9 Å². The fraction of sp³-hybridized carbons (Fsp3) is 0.208. The molecule has 0 aliphatic rings. The Hall–Kier alpha value is -3.46. The number of hydrogen-bond donors (Lipinski definition) is 1. The van der Waals surface area contributed by atoms with Gasteiger partial charge in [-0.05, 0) is 71.6 Å². The van der Waals surface area contributed by atoms with Crippen molar-refractivity contribution in [3.63, 3.8) is 0 Å². The van der Waals surface area contributed by atoms with E-state index in [0.29, 0.717) is 28.2 Å². The normalized spacial score (nSPS) is 10.9. The van der Waals surface area contributed by atoms with Gasteiger partial charge in [-0.1, -0.05) is 29.4 Å². The van der Waals surface area contributed by atoms with Crippen LogP contribution < -0.4 is 10.1 Å². The zero-order valence-corrected chi connectivity index (χ0v) is 19.9. The SMILES string of the molecule is Cc1cccc(OCc2c(C(=O)Nc3nn(Cc4ccc(F)cc4)cc3Br)noc2C)c1C. The Bertz CT molecular complexity index is 1300. The molecule has 2 aromatic carbocycles. The molecule has 0 saturated heterocycles. The Morgan fingerprint density at radius 1 is 1.18 bits per heavy atom. The Balaban J connectivity index is 1.47. The van der Waals surface area contributed by atoms with Crippen LogP contribution in [0.5, 0.6) is 5.75 Å². The van der Waals surface area contributed by atoms with E-state index in [4.69, 9.17) is 9.26 Å². The monoisotopic (exact) mass is 512 g/mol. The van der Waals surface area contributed by atoms with E-state index in [1.54, 1.807) is 29.9 Å². The quantitative estimate of drug-likeness (QED) is 0.349. The number of aryl methyl sites for hydroxylation is 2. The summed E-state index contributed by atoms with van der Waals surface area (Å²) in [6.07, 6.45) is 1.73. The molecule has 0 bridgehead atoms. The second-order valence-corrected chi connectivity index (χ2v) is 8.51. The summed E-state index contributed by atoms with van der Waals surface area (Å²) in [5.74, 6) is 0.826. The summed E-state index contributed by atoms with van der Waals surface area (Å²) in [6, 6.07) is 12.0. The number of amides is 1. The van der Waals surface area contributed by atoms with E-state index in [-0.39, 0.29) is 18.1 Å². The average molecular weight is 513 g/mol. The molecule has 4 rings (SSSR count). The van der Waals surface area contributed by atoms with Crippen LogP contribution in [0, 0.1) is 26.6 Å². The standard InChI is InChI=1S/C24H22BrFN4O3/c1-14-5-4-6-21(15(14)2)32-13-19-16(3)33-29-22(19)24(31)27-23-20(25)12-30(28-23)11-17-7-9-18(26)10-8-17/h4-10,12H,11,13H2,1-3H3,(H,27,28,31). The Labute approximate surface area is 198 Å². The molecule has 0 fully saturated rings. The number of anilines is 1. The third kappa shape index (κ3) is 5.14. The van der Waals surface area contributed by atoms with Crippen LogP contribution in [0.4, 0.5) is 10.2 Å². The van der Waals surface area contributed by atoms with E-state index in [9.17, 15) is 9.18 Å². The maximum Gasteiger partial charge on any atom is 0.279 e. The minimum absolute atomic E-state index is 0.137. The third-order valence-corrected chi connectivity index (χ3v) is 5.91. The minimum Gasteiger partial charge on any atom is -0.488 e. The van der Waals surface area contributed by atoms with Gasteiger partial charge in [-0.3, -0.25) is 9.48 Å². The smallest absolute Gasteiger partial charge is 0.279 e. The minimum atomic E-state index is -0.459. The van der Waals surface area contributed by atoms with E-state index < -0.39 is 5.91 Å². The van der Waals surface area contributed by atoms with Crippen LogP contribution in [0.2, 0.25) is 0 Å². The van der Waals surface area contributed by atoms with Gasteiger partial charge in [0.15, 0.2) is 11.5 Å². The lowest BCUT2D eigenvalue weighted by atomic mass is 10.1. The van der Waals surface area contributed by atoms with Gasteiger partial charge in [-0.15, -0.1) is 0 Å². The second kappa shape index (κ2) is 9.58. The first-order chi connectivity index (χ1) is 15.8. The van der Waals surface area contributed by atoms with Gasteiger partial charge in [-0.2, -0.15) is 5.10 Å². The molecule has 0 atom stereocenters. The Morgan fingerprint density at radius 3 is 2.70 bits per heavy atom. The molecular formula is C24H22BrFN4O3. The first-order valence-electron chi connectivity index (χ1n) is 10.2. The number of halogens is 2. The van der Waals surface area contributed by atoms with Crippen molar-refractivity contribution >= 4 is 27.7 Å². The van der Waals surface area contributed by atoms with Gasteiger partial charge in [0.05, 0.1) is 16.6 Å². The maximum absolute atomic E-state index is 13.1. The number of carbonyl (C=O) groups is 1. The molecule has 4 aromatic rings. The summed E-state index contributed by atoms with van der Waals surface area (Å²) < 4.78 is 26.6. The number of carbonyl (C=O) groups excluding carboxylic acids is 1. The van der Waals surface area contributed by atoms with Crippen molar-refractivity contribution in [2.75, 3.05) is 5.32 Å².